The number of hydrogen-bond donors (Lipinski definition) is 2. The third-order valence-electron chi connectivity index (χ3n) is 3.21. The van der Waals surface area contributed by atoms with Gasteiger partial charge in [-0.05, 0) is 24.3 Å². The van der Waals surface area contributed by atoms with Gasteiger partial charge in [0.1, 0.15) is 11.9 Å². The van der Waals surface area contributed by atoms with Gasteiger partial charge in [-0.3, -0.25) is 4.79 Å². The number of aliphatic hydroxyl groups is 1. The highest BCUT2D eigenvalue weighted by molar-refractivity contribution is 9.10. The third kappa shape index (κ3) is 3.68. The minimum Gasteiger partial charge on any atom is -0.480 e. The lowest BCUT2D eigenvalue weighted by atomic mass is 10.2. The Hall–Kier alpha value is -1.73. The van der Waals surface area contributed by atoms with Gasteiger partial charge in [0.25, 0.3) is 0 Å². The van der Waals surface area contributed by atoms with Crippen LogP contribution < -0.4 is 0 Å². The van der Waals surface area contributed by atoms with Crippen molar-refractivity contribution in [3.8, 4) is 0 Å². The Morgan fingerprint density at radius 1 is 1.43 bits per heavy atom. The lowest BCUT2D eigenvalue weighted by molar-refractivity contribution is -0.146. The zero-order chi connectivity index (χ0) is 15.6. The molecule has 112 valence electrons. The SMILES string of the molecule is O=C(O)[C@@H]1C[C@H](O)CN1C(=O)C=Cc1cc(Br)ccc1F. The number of carbonyl (C=O) groups excluding carboxylic acids is 1. The summed E-state index contributed by atoms with van der Waals surface area (Å²) in [5, 5.41) is 18.5. The number of carboxylic acid groups (broad SMARTS) is 1. The lowest BCUT2D eigenvalue weighted by Crippen LogP contribution is -2.39. The molecular formula is C14H13BrFNO4. The number of likely N-dealkylation sites (tertiary alicyclic amines) is 1. The molecule has 1 heterocycles. The van der Waals surface area contributed by atoms with Gasteiger partial charge in [-0.2, -0.15) is 0 Å². The molecule has 0 radical (unpaired) electrons. The van der Waals surface area contributed by atoms with E-state index in [1.54, 1.807) is 0 Å². The van der Waals surface area contributed by atoms with E-state index in [1.807, 2.05) is 0 Å². The van der Waals surface area contributed by atoms with E-state index in [9.17, 15) is 19.1 Å². The molecule has 1 saturated heterocycles. The molecule has 21 heavy (non-hydrogen) atoms. The Balaban J connectivity index is 2.15. The standard InChI is InChI=1S/C14H13BrFNO4/c15-9-2-3-11(16)8(5-9)1-4-13(19)17-7-10(18)6-12(17)14(20)21/h1-5,10,12,18H,6-7H2,(H,20,21)/t10-,12-/m0/s1. The normalized spacial score (nSPS) is 22.0. The van der Waals surface area contributed by atoms with Crippen molar-refractivity contribution in [1.29, 1.82) is 0 Å². The number of carboxylic acids is 1. The van der Waals surface area contributed by atoms with Crippen LogP contribution in [0.4, 0.5) is 4.39 Å². The molecular weight excluding hydrogens is 345 g/mol. The van der Waals surface area contributed by atoms with Crippen molar-refractivity contribution >= 4 is 33.9 Å². The molecule has 0 unspecified atom stereocenters. The van der Waals surface area contributed by atoms with Crippen LogP contribution in [-0.2, 0) is 9.59 Å². The van der Waals surface area contributed by atoms with Crippen LogP contribution in [0.5, 0.6) is 0 Å². The second kappa shape index (κ2) is 6.36. The first-order valence-corrected chi connectivity index (χ1v) is 7.02. The Morgan fingerprint density at radius 3 is 2.81 bits per heavy atom. The number of β-amino-alcohol motifs (C(OH)–C–C–N with tert-alkyl or cyclic N) is 1. The molecule has 0 aliphatic carbocycles. The van der Waals surface area contributed by atoms with Gasteiger partial charge in [0.15, 0.2) is 0 Å². The number of nitrogens with zero attached hydrogens (tertiary/aromatic N) is 1. The van der Waals surface area contributed by atoms with Gasteiger partial charge in [-0.15, -0.1) is 0 Å². The molecule has 1 amide bonds. The largest absolute Gasteiger partial charge is 0.480 e. The maximum atomic E-state index is 13.5. The Bertz CT molecular complexity index is 605. The zero-order valence-electron chi connectivity index (χ0n) is 10.9. The van der Waals surface area contributed by atoms with Crippen molar-refractivity contribution in [3.63, 3.8) is 0 Å². The van der Waals surface area contributed by atoms with Crippen molar-refractivity contribution in [2.75, 3.05) is 6.54 Å². The van der Waals surface area contributed by atoms with E-state index in [0.29, 0.717) is 4.47 Å². The third-order valence-corrected chi connectivity index (χ3v) is 3.70. The highest BCUT2D eigenvalue weighted by Crippen LogP contribution is 2.20. The van der Waals surface area contributed by atoms with Gasteiger partial charge in [-0.1, -0.05) is 15.9 Å². The van der Waals surface area contributed by atoms with Crippen LogP contribution in [0.25, 0.3) is 6.08 Å². The van der Waals surface area contributed by atoms with Gasteiger partial charge in [-0.25, -0.2) is 9.18 Å². The monoisotopic (exact) mass is 357 g/mol. The van der Waals surface area contributed by atoms with Crippen LogP contribution >= 0.6 is 15.9 Å². The summed E-state index contributed by atoms with van der Waals surface area (Å²) in [6.45, 7) is -0.0406. The molecule has 2 rings (SSSR count). The van der Waals surface area contributed by atoms with Crippen LogP contribution in [0, 0.1) is 5.82 Å². The first kappa shape index (κ1) is 15.7. The van der Waals surface area contributed by atoms with E-state index < -0.39 is 29.8 Å². The Labute approximate surface area is 128 Å². The zero-order valence-corrected chi connectivity index (χ0v) is 12.5. The number of benzene rings is 1. The Kier molecular flexibility index (Phi) is 4.74. The maximum Gasteiger partial charge on any atom is 0.326 e. The molecule has 1 aromatic carbocycles. The molecule has 1 fully saturated rings. The fourth-order valence-electron chi connectivity index (χ4n) is 2.19. The van der Waals surface area contributed by atoms with Crippen molar-refractivity contribution < 1.29 is 24.2 Å². The van der Waals surface area contributed by atoms with E-state index in [2.05, 4.69) is 15.9 Å². The first-order chi connectivity index (χ1) is 9.88. The first-order valence-electron chi connectivity index (χ1n) is 6.23. The molecule has 2 atom stereocenters. The predicted octanol–water partition coefficient (Wildman–Crippen LogP) is 1.65. The fraction of sp³-hybridized carbons (Fsp3) is 0.286. The molecule has 1 aliphatic heterocycles. The topological polar surface area (TPSA) is 77.8 Å². The second-order valence-corrected chi connectivity index (χ2v) is 5.65. The van der Waals surface area contributed by atoms with Crippen molar-refractivity contribution in [2.45, 2.75) is 18.6 Å². The summed E-state index contributed by atoms with van der Waals surface area (Å²) in [6, 6.07) is 3.25. The molecule has 0 aromatic heterocycles. The summed E-state index contributed by atoms with van der Waals surface area (Å²) < 4.78 is 14.2. The minimum absolute atomic E-state index is 0.000158. The quantitative estimate of drug-likeness (QED) is 0.806. The minimum atomic E-state index is -1.16. The van der Waals surface area contributed by atoms with Crippen LogP contribution in [0.3, 0.4) is 0 Å². The summed E-state index contributed by atoms with van der Waals surface area (Å²) in [4.78, 5) is 24.1. The summed E-state index contributed by atoms with van der Waals surface area (Å²) >= 11 is 3.20. The number of amides is 1. The van der Waals surface area contributed by atoms with Crippen molar-refractivity contribution in [3.05, 3.63) is 40.1 Å². The van der Waals surface area contributed by atoms with Crippen molar-refractivity contribution in [1.82, 2.24) is 4.90 Å². The van der Waals surface area contributed by atoms with Gasteiger partial charge in [0.05, 0.1) is 6.10 Å². The van der Waals surface area contributed by atoms with Crippen LogP contribution in [0.2, 0.25) is 0 Å². The molecule has 0 bridgehead atoms. The number of aliphatic hydroxyl groups excluding tert-OH is 1. The second-order valence-electron chi connectivity index (χ2n) is 4.73. The molecule has 1 aliphatic rings. The van der Waals surface area contributed by atoms with E-state index in [0.717, 1.165) is 11.0 Å². The highest BCUT2D eigenvalue weighted by atomic mass is 79.9. The van der Waals surface area contributed by atoms with Gasteiger partial charge in [0, 0.05) is 29.1 Å². The Morgan fingerprint density at radius 2 is 2.14 bits per heavy atom. The van der Waals surface area contributed by atoms with E-state index in [4.69, 9.17) is 5.11 Å². The highest BCUT2D eigenvalue weighted by Gasteiger charge is 2.37. The van der Waals surface area contributed by atoms with Gasteiger partial charge >= 0.3 is 5.97 Å². The fourth-order valence-corrected chi connectivity index (χ4v) is 2.57. The van der Waals surface area contributed by atoms with Crippen LogP contribution in [0.1, 0.15) is 12.0 Å². The predicted molar refractivity (Wildman–Crippen MR) is 76.9 cm³/mol. The molecule has 5 nitrogen and oxygen atoms in total. The van der Waals surface area contributed by atoms with Gasteiger partial charge < -0.3 is 15.1 Å². The average molecular weight is 358 g/mol. The molecule has 1 aromatic rings. The summed E-state index contributed by atoms with van der Waals surface area (Å²) in [6.07, 6.45) is 1.54. The van der Waals surface area contributed by atoms with Gasteiger partial charge in [0.2, 0.25) is 5.91 Å². The average Bonchev–Trinajstić information content (AvgIpc) is 2.82. The smallest absolute Gasteiger partial charge is 0.326 e. The molecule has 0 saturated carbocycles. The van der Waals surface area contributed by atoms with E-state index in [1.165, 1.54) is 24.3 Å². The maximum absolute atomic E-state index is 13.5. The summed E-state index contributed by atoms with van der Waals surface area (Å²) in [5.74, 6) is -2.22. The van der Waals surface area contributed by atoms with Crippen LogP contribution in [0.15, 0.2) is 28.7 Å². The summed E-state index contributed by atoms with van der Waals surface area (Å²) in [5.41, 5.74) is 0.212. The molecule has 0 spiro atoms. The molecule has 7 heteroatoms. The van der Waals surface area contributed by atoms with E-state index >= 15 is 0 Å². The number of halogens is 2. The lowest BCUT2D eigenvalue weighted by Gasteiger charge is -2.19. The van der Waals surface area contributed by atoms with Crippen molar-refractivity contribution in [2.24, 2.45) is 0 Å². The molecule has 2 N–H and O–H groups in total. The van der Waals surface area contributed by atoms with E-state index in [-0.39, 0.29) is 18.5 Å². The number of carbonyl (C=O) groups is 2. The number of aliphatic carboxylic acids is 1. The number of rotatable bonds is 3. The summed E-state index contributed by atoms with van der Waals surface area (Å²) in [7, 11) is 0. The van der Waals surface area contributed by atoms with Crippen LogP contribution in [-0.4, -0.2) is 45.7 Å². The number of hydrogen-bond acceptors (Lipinski definition) is 3.